The summed E-state index contributed by atoms with van der Waals surface area (Å²) in [6.45, 7) is 5.00. The Balaban J connectivity index is 2.41. The van der Waals surface area contributed by atoms with Crippen LogP contribution in [0.5, 0.6) is 0 Å². The van der Waals surface area contributed by atoms with Gasteiger partial charge in [0.2, 0.25) is 0 Å². The molecule has 0 radical (unpaired) electrons. The van der Waals surface area contributed by atoms with Crippen molar-refractivity contribution in [3.8, 4) is 0 Å². The van der Waals surface area contributed by atoms with Crippen molar-refractivity contribution in [3.63, 3.8) is 0 Å². The highest BCUT2D eigenvalue weighted by Gasteiger charge is 2.30. The number of hydrogen-bond donors (Lipinski definition) is 2. The van der Waals surface area contributed by atoms with E-state index < -0.39 is 35.5 Å². The molecule has 5 nitrogen and oxygen atoms in total. The van der Waals surface area contributed by atoms with Gasteiger partial charge in [-0.25, -0.2) is 13.6 Å². The van der Waals surface area contributed by atoms with E-state index in [1.54, 1.807) is 26.8 Å². The Morgan fingerprint density at radius 1 is 1.27 bits per heavy atom. The molecule has 1 amide bonds. The minimum Gasteiger partial charge on any atom is -0.444 e. The second-order valence-electron chi connectivity index (χ2n) is 6.67. The quantitative estimate of drug-likeness (QED) is 0.755. The number of amides is 1. The molecule has 0 spiro atoms. The summed E-state index contributed by atoms with van der Waals surface area (Å²) in [5.74, 6) is -1.47. The number of nitrogens with one attached hydrogen (secondary N) is 1. The van der Waals surface area contributed by atoms with E-state index >= 15 is 0 Å². The van der Waals surface area contributed by atoms with Gasteiger partial charge in [-0.05, 0) is 61.0 Å². The van der Waals surface area contributed by atoms with Crippen molar-refractivity contribution in [3.05, 3.63) is 63.9 Å². The van der Waals surface area contributed by atoms with Gasteiger partial charge in [0.15, 0.2) is 0 Å². The summed E-state index contributed by atoms with van der Waals surface area (Å²) in [5.41, 5.74) is -0.690. The molecule has 1 heterocycles. The van der Waals surface area contributed by atoms with Crippen LogP contribution in [-0.4, -0.2) is 21.8 Å². The summed E-state index contributed by atoms with van der Waals surface area (Å²) in [6, 6.07) is 3.10. The second-order valence-corrected chi connectivity index (χ2v) is 7.59. The topological polar surface area (TPSA) is 71.5 Å². The third kappa shape index (κ3) is 5.47. The molecule has 0 saturated carbocycles. The molecule has 2 aromatic rings. The number of aromatic nitrogens is 1. The Labute approximate surface area is 158 Å². The van der Waals surface area contributed by atoms with Crippen molar-refractivity contribution >= 4 is 22.0 Å². The number of nitrogens with zero attached hydrogens (tertiary/aromatic N) is 1. The number of carbonyl (C=O) groups is 1. The molecule has 2 atom stereocenters. The molecule has 140 valence electrons. The van der Waals surface area contributed by atoms with Crippen LogP contribution in [0.25, 0.3) is 0 Å². The molecule has 0 bridgehead atoms. The molecule has 0 fully saturated rings. The number of halogens is 3. The molecule has 8 heteroatoms. The number of aliphatic hydroxyl groups is 1. The molecule has 0 aliphatic rings. The van der Waals surface area contributed by atoms with E-state index in [0.717, 1.165) is 18.2 Å². The molecule has 2 N–H and O–H groups in total. The van der Waals surface area contributed by atoms with Crippen molar-refractivity contribution in [2.75, 3.05) is 0 Å². The molecule has 1 aromatic heterocycles. The standard InChI is InChI=1S/C18H19BrF2N2O3/c1-18(2,3)26-17(25)23-15(13-7-12(20)4-5-14(13)21)16(24)10-6-11(19)9-22-8-10/h4-9,15-16,24H,1-3H3,(H,23,25)/t15-,16-/m1/s1. The van der Waals surface area contributed by atoms with Crippen LogP contribution >= 0.6 is 15.9 Å². The maximum atomic E-state index is 14.3. The van der Waals surface area contributed by atoms with E-state index in [-0.39, 0.29) is 5.56 Å². The predicted molar refractivity (Wildman–Crippen MR) is 95.4 cm³/mol. The van der Waals surface area contributed by atoms with Crippen LogP contribution in [-0.2, 0) is 4.74 Å². The maximum Gasteiger partial charge on any atom is 0.408 e. The number of hydrogen-bond acceptors (Lipinski definition) is 4. The molecule has 1 aromatic carbocycles. The van der Waals surface area contributed by atoms with Crippen LogP contribution in [0, 0.1) is 11.6 Å². The first-order valence-electron chi connectivity index (χ1n) is 7.80. The number of rotatable bonds is 4. The Bertz CT molecular complexity index is 796. The van der Waals surface area contributed by atoms with Gasteiger partial charge in [0.05, 0.1) is 6.04 Å². The van der Waals surface area contributed by atoms with Crippen LogP contribution in [0.1, 0.15) is 44.0 Å². The summed E-state index contributed by atoms with van der Waals surface area (Å²) < 4.78 is 33.7. The summed E-state index contributed by atoms with van der Waals surface area (Å²) in [7, 11) is 0. The lowest BCUT2D eigenvalue weighted by Crippen LogP contribution is -2.37. The van der Waals surface area contributed by atoms with E-state index in [1.807, 2.05) is 0 Å². The highest BCUT2D eigenvalue weighted by atomic mass is 79.9. The lowest BCUT2D eigenvalue weighted by Gasteiger charge is -2.27. The number of alkyl carbamates (subject to hydrolysis) is 1. The lowest BCUT2D eigenvalue weighted by atomic mass is 9.96. The fourth-order valence-electron chi connectivity index (χ4n) is 2.30. The molecule has 26 heavy (non-hydrogen) atoms. The zero-order chi connectivity index (χ0) is 19.5. The Morgan fingerprint density at radius 2 is 1.96 bits per heavy atom. The highest BCUT2D eigenvalue weighted by Crippen LogP contribution is 2.32. The largest absolute Gasteiger partial charge is 0.444 e. The van der Waals surface area contributed by atoms with Crippen LogP contribution in [0.15, 0.2) is 41.1 Å². The number of aliphatic hydroxyl groups excluding tert-OH is 1. The summed E-state index contributed by atoms with van der Waals surface area (Å²) in [6.07, 6.45) is 0.628. The Morgan fingerprint density at radius 3 is 2.58 bits per heavy atom. The van der Waals surface area contributed by atoms with Crippen molar-refractivity contribution in [1.82, 2.24) is 10.3 Å². The maximum absolute atomic E-state index is 14.3. The smallest absolute Gasteiger partial charge is 0.408 e. The summed E-state index contributed by atoms with van der Waals surface area (Å²) in [4.78, 5) is 16.1. The lowest BCUT2D eigenvalue weighted by molar-refractivity contribution is 0.0416. The Kier molecular flexibility index (Phi) is 6.30. The van der Waals surface area contributed by atoms with Gasteiger partial charge < -0.3 is 15.2 Å². The third-order valence-electron chi connectivity index (χ3n) is 3.35. The first kappa shape index (κ1) is 20.3. The first-order valence-corrected chi connectivity index (χ1v) is 8.59. The van der Waals surface area contributed by atoms with E-state index in [0.29, 0.717) is 10.0 Å². The summed E-state index contributed by atoms with van der Waals surface area (Å²) in [5, 5.41) is 13.1. The zero-order valence-corrected chi connectivity index (χ0v) is 16.0. The molecule has 0 saturated heterocycles. The van der Waals surface area contributed by atoms with Gasteiger partial charge >= 0.3 is 6.09 Å². The van der Waals surface area contributed by atoms with E-state index in [4.69, 9.17) is 4.74 Å². The van der Waals surface area contributed by atoms with Crippen LogP contribution in [0.4, 0.5) is 13.6 Å². The molecule has 0 aliphatic carbocycles. The molecular weight excluding hydrogens is 410 g/mol. The first-order chi connectivity index (χ1) is 12.1. The van der Waals surface area contributed by atoms with Gasteiger partial charge in [0.1, 0.15) is 23.3 Å². The summed E-state index contributed by atoms with van der Waals surface area (Å²) >= 11 is 3.23. The van der Waals surface area contributed by atoms with Gasteiger partial charge in [0.25, 0.3) is 0 Å². The number of benzene rings is 1. The highest BCUT2D eigenvalue weighted by molar-refractivity contribution is 9.10. The number of carbonyl (C=O) groups excluding carboxylic acids is 1. The Hall–Kier alpha value is -2.06. The van der Waals surface area contributed by atoms with Crippen molar-refractivity contribution in [1.29, 1.82) is 0 Å². The zero-order valence-electron chi connectivity index (χ0n) is 14.5. The van der Waals surface area contributed by atoms with E-state index in [1.165, 1.54) is 12.4 Å². The van der Waals surface area contributed by atoms with Crippen LogP contribution in [0.3, 0.4) is 0 Å². The molecular formula is C18H19BrF2N2O3. The molecule has 0 aliphatic heterocycles. The molecule has 2 rings (SSSR count). The van der Waals surface area contributed by atoms with Gasteiger partial charge in [-0.1, -0.05) is 0 Å². The second kappa shape index (κ2) is 8.09. The van der Waals surface area contributed by atoms with Gasteiger partial charge in [-0.3, -0.25) is 4.98 Å². The van der Waals surface area contributed by atoms with Gasteiger partial charge in [-0.2, -0.15) is 0 Å². The predicted octanol–water partition coefficient (Wildman–Crippen LogP) is 4.42. The van der Waals surface area contributed by atoms with E-state index in [9.17, 15) is 18.7 Å². The average molecular weight is 429 g/mol. The fraction of sp³-hybridized carbons (Fsp3) is 0.333. The van der Waals surface area contributed by atoms with Gasteiger partial charge in [0, 0.05) is 28.0 Å². The molecule has 0 unspecified atom stereocenters. The van der Waals surface area contributed by atoms with E-state index in [2.05, 4.69) is 26.2 Å². The van der Waals surface area contributed by atoms with Crippen LogP contribution < -0.4 is 5.32 Å². The number of ether oxygens (including phenoxy) is 1. The van der Waals surface area contributed by atoms with Crippen molar-refractivity contribution < 1.29 is 23.4 Å². The minimum absolute atomic E-state index is 0.205. The number of pyridine rings is 1. The fourth-order valence-corrected chi connectivity index (χ4v) is 2.68. The average Bonchev–Trinajstić information content (AvgIpc) is 2.53. The van der Waals surface area contributed by atoms with Gasteiger partial charge in [-0.15, -0.1) is 0 Å². The monoisotopic (exact) mass is 428 g/mol. The van der Waals surface area contributed by atoms with Crippen molar-refractivity contribution in [2.24, 2.45) is 0 Å². The van der Waals surface area contributed by atoms with Crippen LogP contribution in [0.2, 0.25) is 0 Å². The van der Waals surface area contributed by atoms with Crippen molar-refractivity contribution in [2.45, 2.75) is 38.5 Å². The third-order valence-corrected chi connectivity index (χ3v) is 3.78. The normalized spacial score (nSPS) is 13.8. The SMILES string of the molecule is CC(C)(C)OC(=O)N[C@H](c1cc(F)ccc1F)[C@H](O)c1cncc(Br)c1. The minimum atomic E-state index is -1.39.